The van der Waals surface area contributed by atoms with Crippen LogP contribution in [0.15, 0.2) is 29.2 Å². The lowest BCUT2D eigenvalue weighted by Gasteiger charge is -2.04. The van der Waals surface area contributed by atoms with Gasteiger partial charge in [0, 0.05) is 12.8 Å². The van der Waals surface area contributed by atoms with E-state index in [1.165, 1.54) is 0 Å². The molecule has 4 heteroatoms. The molecule has 0 atom stereocenters. The summed E-state index contributed by atoms with van der Waals surface area (Å²) in [4.78, 5) is 0.192. The van der Waals surface area contributed by atoms with Crippen molar-refractivity contribution < 1.29 is 12.6 Å². The largest absolute Gasteiger partial charge is 0.297 e. The topological polar surface area (TPSA) is 43.4 Å². The Bertz CT molecular complexity index is 533. The molecule has 1 aromatic rings. The van der Waals surface area contributed by atoms with E-state index in [4.69, 9.17) is 4.18 Å². The summed E-state index contributed by atoms with van der Waals surface area (Å²) in [7, 11) is -3.64. The molecule has 0 amide bonds. The van der Waals surface area contributed by atoms with Crippen molar-refractivity contribution in [3.63, 3.8) is 0 Å². The fourth-order valence-corrected chi connectivity index (χ4v) is 2.33. The maximum Gasteiger partial charge on any atom is 0.297 e. The van der Waals surface area contributed by atoms with Crippen LogP contribution >= 0.6 is 0 Å². The molecule has 3 nitrogen and oxygen atoms in total. The molecule has 1 aromatic carbocycles. The van der Waals surface area contributed by atoms with Crippen LogP contribution in [0.1, 0.15) is 38.2 Å². The highest BCUT2D eigenvalue weighted by molar-refractivity contribution is 7.86. The standard InChI is InChI=1S/C15H20O3S/c1-3-4-5-6-7-8-13-18-19(16,17)15-11-9-14(2)10-12-15/h9-12H,3-5,8,13H2,1-2H3. The molecule has 0 spiro atoms. The minimum atomic E-state index is -3.64. The Balaban J connectivity index is 2.43. The Hall–Kier alpha value is -1.31. The summed E-state index contributed by atoms with van der Waals surface area (Å²) in [6.07, 6.45) is 3.50. The van der Waals surface area contributed by atoms with Gasteiger partial charge >= 0.3 is 0 Å². The van der Waals surface area contributed by atoms with Crippen molar-refractivity contribution in [3.05, 3.63) is 29.8 Å². The number of hydrogen-bond donors (Lipinski definition) is 0. The molecule has 0 heterocycles. The first kappa shape index (κ1) is 15.7. The molecule has 0 fully saturated rings. The van der Waals surface area contributed by atoms with Gasteiger partial charge < -0.3 is 0 Å². The quantitative estimate of drug-likeness (QED) is 0.456. The van der Waals surface area contributed by atoms with E-state index < -0.39 is 10.1 Å². The lowest BCUT2D eigenvalue weighted by Crippen LogP contribution is -2.07. The predicted octanol–water partition coefficient (Wildman–Crippen LogP) is 3.28. The lowest BCUT2D eigenvalue weighted by atomic mass is 10.2. The van der Waals surface area contributed by atoms with E-state index in [0.717, 1.165) is 24.8 Å². The molecule has 0 bridgehead atoms. The third-order valence-electron chi connectivity index (χ3n) is 2.56. The van der Waals surface area contributed by atoms with E-state index in [9.17, 15) is 8.42 Å². The van der Waals surface area contributed by atoms with Crippen LogP contribution in [0.4, 0.5) is 0 Å². The van der Waals surface area contributed by atoms with E-state index >= 15 is 0 Å². The maximum absolute atomic E-state index is 11.8. The summed E-state index contributed by atoms with van der Waals surface area (Å²) in [5.74, 6) is 5.91. The first-order chi connectivity index (χ1) is 9.06. The van der Waals surface area contributed by atoms with E-state index in [-0.39, 0.29) is 11.5 Å². The van der Waals surface area contributed by atoms with Crippen molar-refractivity contribution in [2.24, 2.45) is 0 Å². The molecule has 0 aliphatic rings. The number of benzene rings is 1. The lowest BCUT2D eigenvalue weighted by molar-refractivity contribution is 0.326. The van der Waals surface area contributed by atoms with Crippen molar-refractivity contribution in [3.8, 4) is 11.8 Å². The van der Waals surface area contributed by atoms with Gasteiger partial charge in [-0.25, -0.2) is 0 Å². The Labute approximate surface area is 116 Å². The van der Waals surface area contributed by atoms with Crippen molar-refractivity contribution >= 4 is 10.1 Å². The van der Waals surface area contributed by atoms with E-state index in [1.807, 2.05) is 6.92 Å². The Kier molecular flexibility index (Phi) is 6.61. The van der Waals surface area contributed by atoms with Gasteiger partial charge in [-0.3, -0.25) is 4.18 Å². The van der Waals surface area contributed by atoms with Gasteiger partial charge in [-0.1, -0.05) is 31.0 Å². The second-order valence-corrected chi connectivity index (χ2v) is 5.91. The maximum atomic E-state index is 11.8. The van der Waals surface area contributed by atoms with E-state index in [0.29, 0.717) is 6.42 Å². The Morgan fingerprint density at radius 3 is 2.37 bits per heavy atom. The Morgan fingerprint density at radius 1 is 1.11 bits per heavy atom. The monoisotopic (exact) mass is 280 g/mol. The van der Waals surface area contributed by atoms with Gasteiger partial charge in [0.25, 0.3) is 10.1 Å². The zero-order valence-electron chi connectivity index (χ0n) is 11.5. The van der Waals surface area contributed by atoms with Crippen LogP contribution in [0.3, 0.4) is 0 Å². The van der Waals surface area contributed by atoms with Crippen LogP contribution in [-0.2, 0) is 14.3 Å². The van der Waals surface area contributed by atoms with Crippen LogP contribution < -0.4 is 0 Å². The van der Waals surface area contributed by atoms with Crippen molar-refractivity contribution in [1.82, 2.24) is 0 Å². The summed E-state index contributed by atoms with van der Waals surface area (Å²) < 4.78 is 28.5. The molecule has 0 radical (unpaired) electrons. The normalized spacial score (nSPS) is 10.8. The van der Waals surface area contributed by atoms with E-state index in [2.05, 4.69) is 18.8 Å². The van der Waals surface area contributed by atoms with Gasteiger partial charge in [-0.15, -0.1) is 11.8 Å². The van der Waals surface area contributed by atoms with Crippen LogP contribution in [0, 0.1) is 18.8 Å². The zero-order valence-corrected chi connectivity index (χ0v) is 12.3. The zero-order chi connectivity index (χ0) is 14.1. The smallest absolute Gasteiger partial charge is 0.265 e. The van der Waals surface area contributed by atoms with Gasteiger partial charge in [-0.2, -0.15) is 8.42 Å². The first-order valence-corrected chi connectivity index (χ1v) is 7.89. The molecular weight excluding hydrogens is 260 g/mol. The highest BCUT2D eigenvalue weighted by Gasteiger charge is 2.13. The molecule has 104 valence electrons. The second kappa shape index (κ2) is 7.98. The number of rotatable bonds is 6. The molecule has 0 unspecified atom stereocenters. The van der Waals surface area contributed by atoms with Crippen LogP contribution in [0.5, 0.6) is 0 Å². The second-order valence-electron chi connectivity index (χ2n) is 4.30. The van der Waals surface area contributed by atoms with Gasteiger partial charge in [-0.05, 0) is 25.5 Å². The molecule has 0 aromatic heterocycles. The highest BCUT2D eigenvalue weighted by atomic mass is 32.2. The van der Waals surface area contributed by atoms with Gasteiger partial charge in [0.15, 0.2) is 0 Å². The summed E-state index contributed by atoms with van der Waals surface area (Å²) >= 11 is 0. The summed E-state index contributed by atoms with van der Waals surface area (Å²) in [5, 5.41) is 0. The Morgan fingerprint density at radius 2 is 1.74 bits per heavy atom. The van der Waals surface area contributed by atoms with Crippen molar-refractivity contribution in [2.45, 2.75) is 44.4 Å². The number of aryl methyl sites for hydroxylation is 1. The van der Waals surface area contributed by atoms with Crippen LogP contribution in [0.25, 0.3) is 0 Å². The van der Waals surface area contributed by atoms with Crippen LogP contribution in [-0.4, -0.2) is 15.0 Å². The number of unbranched alkanes of at least 4 members (excludes halogenated alkanes) is 2. The molecule has 0 aliphatic heterocycles. The third-order valence-corrected chi connectivity index (χ3v) is 3.88. The SMILES string of the molecule is CCCCC#CCCOS(=O)(=O)c1ccc(C)cc1. The summed E-state index contributed by atoms with van der Waals surface area (Å²) in [5.41, 5.74) is 1.01. The average molecular weight is 280 g/mol. The molecular formula is C15H20O3S. The first-order valence-electron chi connectivity index (χ1n) is 6.48. The fraction of sp³-hybridized carbons (Fsp3) is 0.467. The molecule has 0 aliphatic carbocycles. The molecule has 0 saturated heterocycles. The van der Waals surface area contributed by atoms with Gasteiger partial charge in [0.05, 0.1) is 11.5 Å². The predicted molar refractivity (Wildman–Crippen MR) is 76.2 cm³/mol. The fourth-order valence-electron chi connectivity index (χ4n) is 1.42. The molecule has 19 heavy (non-hydrogen) atoms. The summed E-state index contributed by atoms with van der Waals surface area (Å²) in [6.45, 7) is 4.12. The van der Waals surface area contributed by atoms with Crippen molar-refractivity contribution in [1.29, 1.82) is 0 Å². The molecule has 0 saturated carbocycles. The van der Waals surface area contributed by atoms with Crippen LogP contribution in [0.2, 0.25) is 0 Å². The minimum absolute atomic E-state index is 0.106. The molecule has 1 rings (SSSR count). The molecule has 0 N–H and O–H groups in total. The highest BCUT2D eigenvalue weighted by Crippen LogP contribution is 2.13. The summed E-state index contributed by atoms with van der Waals surface area (Å²) in [6, 6.07) is 6.61. The minimum Gasteiger partial charge on any atom is -0.265 e. The third kappa shape index (κ3) is 5.91. The van der Waals surface area contributed by atoms with Crippen molar-refractivity contribution in [2.75, 3.05) is 6.61 Å². The average Bonchev–Trinajstić information content (AvgIpc) is 2.38. The van der Waals surface area contributed by atoms with Gasteiger partial charge in [0.2, 0.25) is 0 Å². The van der Waals surface area contributed by atoms with Gasteiger partial charge in [0.1, 0.15) is 0 Å². The number of hydrogen-bond acceptors (Lipinski definition) is 3. The van der Waals surface area contributed by atoms with E-state index in [1.54, 1.807) is 24.3 Å².